The quantitative estimate of drug-likeness (QED) is 0.780. The van der Waals surface area contributed by atoms with Crippen molar-refractivity contribution in [2.75, 3.05) is 0 Å². The van der Waals surface area contributed by atoms with E-state index in [0.717, 1.165) is 6.92 Å². The van der Waals surface area contributed by atoms with Crippen molar-refractivity contribution in [1.29, 1.82) is 0 Å². The molecule has 0 aromatic carbocycles. The Morgan fingerprint density at radius 3 is 2.32 bits per heavy atom. The summed E-state index contributed by atoms with van der Waals surface area (Å²) in [5, 5.41) is 1.98. The second-order valence-corrected chi connectivity index (χ2v) is 5.04. The summed E-state index contributed by atoms with van der Waals surface area (Å²) in [5.74, 6) is -1.49. The van der Waals surface area contributed by atoms with Crippen LogP contribution in [0, 0.1) is 5.41 Å². The molecule has 2 aliphatic rings. The second-order valence-electron chi connectivity index (χ2n) is 5.04. The number of halogens is 3. The summed E-state index contributed by atoms with van der Waals surface area (Å²) in [5.41, 5.74) is -1.33. The van der Waals surface area contributed by atoms with Crippen LogP contribution in [0.2, 0.25) is 0 Å². The summed E-state index contributed by atoms with van der Waals surface area (Å²) in [4.78, 5) is 35.9. The molecule has 0 bridgehead atoms. The van der Waals surface area contributed by atoms with Crippen LogP contribution in [0.3, 0.4) is 0 Å². The molecule has 1 aliphatic carbocycles. The zero-order valence-electron chi connectivity index (χ0n) is 10.2. The van der Waals surface area contributed by atoms with Gasteiger partial charge in [-0.25, -0.2) is 4.79 Å². The largest absolute Gasteiger partial charge is 0.391 e. The highest BCUT2D eigenvalue weighted by Gasteiger charge is 2.58. The molecular formula is C11H13F3N2O3. The molecule has 8 heteroatoms. The predicted octanol–water partition coefficient (Wildman–Crippen LogP) is 1.58. The van der Waals surface area contributed by atoms with Gasteiger partial charge in [-0.1, -0.05) is 6.42 Å². The minimum Gasteiger partial charge on any atom is -0.277 e. The molecule has 1 atom stereocenters. The third-order valence-electron chi connectivity index (χ3n) is 3.68. The number of alkyl halides is 3. The Morgan fingerprint density at radius 1 is 1.32 bits per heavy atom. The fraction of sp³-hybridized carbons (Fsp3) is 0.727. The summed E-state index contributed by atoms with van der Waals surface area (Å²) >= 11 is 0. The lowest BCUT2D eigenvalue weighted by atomic mass is 9.66. The maximum atomic E-state index is 12.3. The van der Waals surface area contributed by atoms with E-state index in [-0.39, 0.29) is 12.8 Å². The third-order valence-corrected chi connectivity index (χ3v) is 3.68. The van der Waals surface area contributed by atoms with E-state index < -0.39 is 41.9 Å². The van der Waals surface area contributed by atoms with Crippen molar-refractivity contribution >= 4 is 17.8 Å². The van der Waals surface area contributed by atoms with Crippen molar-refractivity contribution in [1.82, 2.24) is 10.2 Å². The molecule has 106 valence electrons. The lowest BCUT2D eigenvalue weighted by molar-refractivity contribution is -0.165. The van der Waals surface area contributed by atoms with Gasteiger partial charge < -0.3 is 0 Å². The van der Waals surface area contributed by atoms with Crippen LogP contribution >= 0.6 is 0 Å². The number of urea groups is 1. The van der Waals surface area contributed by atoms with Gasteiger partial charge >= 0.3 is 12.2 Å². The van der Waals surface area contributed by atoms with Gasteiger partial charge in [-0.2, -0.15) is 13.2 Å². The molecule has 2 fully saturated rings. The van der Waals surface area contributed by atoms with Gasteiger partial charge in [0.1, 0.15) is 5.41 Å². The highest BCUT2D eigenvalue weighted by Crippen LogP contribution is 2.45. The average molecular weight is 278 g/mol. The number of nitrogens with one attached hydrogen (secondary N) is 1. The predicted molar refractivity (Wildman–Crippen MR) is 56.8 cm³/mol. The topological polar surface area (TPSA) is 66.5 Å². The highest BCUT2D eigenvalue weighted by atomic mass is 19.4. The van der Waals surface area contributed by atoms with Gasteiger partial charge in [0.2, 0.25) is 11.8 Å². The fourth-order valence-electron chi connectivity index (χ4n) is 2.49. The Balaban J connectivity index is 2.22. The number of rotatable bonds is 2. The van der Waals surface area contributed by atoms with Gasteiger partial charge in [0.05, 0.1) is 6.42 Å². The molecule has 1 saturated carbocycles. The molecule has 1 unspecified atom stereocenters. The van der Waals surface area contributed by atoms with Crippen LogP contribution in [0.4, 0.5) is 18.0 Å². The van der Waals surface area contributed by atoms with Crippen LogP contribution in [0.5, 0.6) is 0 Å². The summed E-state index contributed by atoms with van der Waals surface area (Å²) < 4.78 is 37.0. The molecule has 1 aliphatic heterocycles. The molecule has 0 aromatic rings. The molecule has 1 N–H and O–H groups in total. The van der Waals surface area contributed by atoms with Crippen LogP contribution in [0.25, 0.3) is 0 Å². The zero-order chi connectivity index (χ0) is 14.4. The van der Waals surface area contributed by atoms with Crippen LogP contribution in [0.15, 0.2) is 0 Å². The molecule has 0 radical (unpaired) electrons. The molecule has 5 nitrogen and oxygen atoms in total. The number of hydrogen-bond donors (Lipinski definition) is 1. The number of amides is 4. The van der Waals surface area contributed by atoms with Gasteiger partial charge in [-0.3, -0.25) is 19.8 Å². The summed E-state index contributed by atoms with van der Waals surface area (Å²) in [6, 6.07) is -2.39. The monoisotopic (exact) mass is 278 g/mol. The summed E-state index contributed by atoms with van der Waals surface area (Å²) in [6.07, 6.45) is -4.56. The lowest BCUT2D eigenvalue weighted by Crippen LogP contribution is -2.67. The fourth-order valence-corrected chi connectivity index (χ4v) is 2.49. The van der Waals surface area contributed by atoms with Crippen LogP contribution < -0.4 is 5.32 Å². The maximum Gasteiger partial charge on any atom is 0.391 e. The van der Waals surface area contributed by atoms with E-state index in [0.29, 0.717) is 11.3 Å². The van der Waals surface area contributed by atoms with E-state index in [1.165, 1.54) is 0 Å². The van der Waals surface area contributed by atoms with Gasteiger partial charge in [0.15, 0.2) is 0 Å². The van der Waals surface area contributed by atoms with E-state index >= 15 is 0 Å². The van der Waals surface area contributed by atoms with Crippen molar-refractivity contribution in [3.8, 4) is 0 Å². The first-order valence-corrected chi connectivity index (χ1v) is 5.93. The van der Waals surface area contributed by atoms with Crippen molar-refractivity contribution in [3.05, 3.63) is 0 Å². The molecule has 2 rings (SSSR count). The number of nitrogens with zero attached hydrogens (tertiary/aromatic N) is 1. The van der Waals surface area contributed by atoms with Crippen molar-refractivity contribution < 1.29 is 27.6 Å². The third kappa shape index (κ3) is 2.19. The average Bonchev–Trinajstić information content (AvgIpc) is 2.10. The van der Waals surface area contributed by atoms with E-state index in [9.17, 15) is 27.6 Å². The Labute approximate surface area is 107 Å². The molecule has 1 saturated heterocycles. The Kier molecular flexibility index (Phi) is 3.06. The molecule has 19 heavy (non-hydrogen) atoms. The minimum atomic E-state index is -4.48. The number of barbiturate groups is 1. The molecular weight excluding hydrogens is 265 g/mol. The number of imide groups is 2. The lowest BCUT2D eigenvalue weighted by Gasteiger charge is -2.46. The first kappa shape index (κ1) is 13.8. The molecule has 1 heterocycles. The van der Waals surface area contributed by atoms with E-state index in [4.69, 9.17) is 0 Å². The van der Waals surface area contributed by atoms with Crippen LogP contribution in [-0.2, 0) is 9.59 Å². The Hall–Kier alpha value is -1.60. The zero-order valence-corrected chi connectivity index (χ0v) is 10.2. The van der Waals surface area contributed by atoms with Crippen molar-refractivity contribution in [2.45, 2.75) is 44.8 Å². The minimum absolute atomic E-state index is 0.278. The van der Waals surface area contributed by atoms with Gasteiger partial charge in [-0.05, 0) is 19.8 Å². The standard InChI is InChI=1S/C11H13F3N2O3/c1-6(5-11(12,13)14)16-8(18)10(3-2-4-10)7(17)15-9(16)19/h6H,2-5H2,1H3,(H,15,17,19). The second kappa shape index (κ2) is 4.21. The van der Waals surface area contributed by atoms with Crippen molar-refractivity contribution in [3.63, 3.8) is 0 Å². The number of carbonyl (C=O) groups excluding carboxylic acids is 3. The van der Waals surface area contributed by atoms with E-state index in [1.54, 1.807) is 0 Å². The summed E-state index contributed by atoms with van der Waals surface area (Å²) in [7, 11) is 0. The van der Waals surface area contributed by atoms with E-state index in [1.807, 2.05) is 5.32 Å². The van der Waals surface area contributed by atoms with E-state index in [2.05, 4.69) is 0 Å². The van der Waals surface area contributed by atoms with Gasteiger partial charge in [-0.15, -0.1) is 0 Å². The Morgan fingerprint density at radius 2 is 1.89 bits per heavy atom. The van der Waals surface area contributed by atoms with Crippen LogP contribution in [-0.4, -0.2) is 35.0 Å². The molecule has 0 aromatic heterocycles. The van der Waals surface area contributed by atoms with Crippen LogP contribution in [0.1, 0.15) is 32.6 Å². The molecule has 4 amide bonds. The van der Waals surface area contributed by atoms with Gasteiger partial charge in [0.25, 0.3) is 0 Å². The first-order valence-electron chi connectivity index (χ1n) is 5.93. The molecule has 1 spiro atoms. The first-order chi connectivity index (χ1) is 8.67. The highest BCUT2D eigenvalue weighted by molar-refractivity contribution is 6.19. The SMILES string of the molecule is CC(CC(F)(F)F)N1C(=O)NC(=O)C2(CCC2)C1=O. The smallest absolute Gasteiger partial charge is 0.277 e. The maximum absolute atomic E-state index is 12.3. The number of hydrogen-bond acceptors (Lipinski definition) is 3. The van der Waals surface area contributed by atoms with Crippen molar-refractivity contribution in [2.24, 2.45) is 5.41 Å². The number of carbonyl (C=O) groups is 3. The van der Waals surface area contributed by atoms with Gasteiger partial charge in [0, 0.05) is 6.04 Å². The normalized spacial score (nSPS) is 24.2. The Bertz CT molecular complexity index is 443. The summed E-state index contributed by atoms with van der Waals surface area (Å²) in [6.45, 7) is 1.15.